The standard InChI is InChI=1S/C12H10BrNO/c13-12-11(6-3-7-14-12)10-5-2-1-4-9(10)8-15/h1-7,15H,8H2. The summed E-state index contributed by atoms with van der Waals surface area (Å²) in [6.07, 6.45) is 1.73. The van der Waals surface area contributed by atoms with Gasteiger partial charge in [-0.2, -0.15) is 0 Å². The van der Waals surface area contributed by atoms with Crippen molar-refractivity contribution < 1.29 is 5.11 Å². The lowest BCUT2D eigenvalue weighted by Crippen LogP contribution is -1.90. The van der Waals surface area contributed by atoms with Crippen molar-refractivity contribution in [3.05, 3.63) is 52.8 Å². The number of nitrogens with zero attached hydrogens (tertiary/aromatic N) is 1. The molecule has 0 aliphatic carbocycles. The number of benzene rings is 1. The monoisotopic (exact) mass is 263 g/mol. The largest absolute Gasteiger partial charge is 0.392 e. The quantitative estimate of drug-likeness (QED) is 0.846. The van der Waals surface area contributed by atoms with Crippen LogP contribution in [-0.4, -0.2) is 10.1 Å². The maximum Gasteiger partial charge on any atom is 0.113 e. The molecule has 0 saturated carbocycles. The molecular formula is C12H10BrNO. The summed E-state index contributed by atoms with van der Waals surface area (Å²) in [5, 5.41) is 9.23. The molecule has 0 spiro atoms. The van der Waals surface area contributed by atoms with Gasteiger partial charge in [0.1, 0.15) is 4.60 Å². The molecule has 0 fully saturated rings. The van der Waals surface area contributed by atoms with E-state index in [9.17, 15) is 5.11 Å². The Bertz CT molecular complexity index is 471. The molecule has 3 heteroatoms. The van der Waals surface area contributed by atoms with E-state index in [0.29, 0.717) is 0 Å². The molecule has 0 unspecified atom stereocenters. The van der Waals surface area contributed by atoms with Crippen LogP contribution in [0.5, 0.6) is 0 Å². The van der Waals surface area contributed by atoms with Crippen molar-refractivity contribution in [2.24, 2.45) is 0 Å². The van der Waals surface area contributed by atoms with Crippen molar-refractivity contribution in [3.8, 4) is 11.1 Å². The van der Waals surface area contributed by atoms with Crippen LogP contribution in [0.15, 0.2) is 47.2 Å². The number of rotatable bonds is 2. The first kappa shape index (κ1) is 10.3. The van der Waals surface area contributed by atoms with Crippen molar-refractivity contribution in [3.63, 3.8) is 0 Å². The smallest absolute Gasteiger partial charge is 0.113 e. The number of hydrogen-bond donors (Lipinski definition) is 1. The van der Waals surface area contributed by atoms with Crippen molar-refractivity contribution in [1.82, 2.24) is 4.98 Å². The van der Waals surface area contributed by atoms with E-state index in [0.717, 1.165) is 21.3 Å². The van der Waals surface area contributed by atoms with Gasteiger partial charge in [0, 0.05) is 11.8 Å². The maximum atomic E-state index is 9.23. The summed E-state index contributed by atoms with van der Waals surface area (Å²) in [4.78, 5) is 4.17. The molecule has 0 atom stereocenters. The van der Waals surface area contributed by atoms with E-state index in [1.165, 1.54) is 0 Å². The van der Waals surface area contributed by atoms with E-state index in [1.54, 1.807) is 6.20 Å². The lowest BCUT2D eigenvalue weighted by Gasteiger charge is -2.08. The minimum Gasteiger partial charge on any atom is -0.392 e. The normalized spacial score (nSPS) is 10.3. The molecule has 0 aliphatic heterocycles. The van der Waals surface area contributed by atoms with Gasteiger partial charge in [-0.15, -0.1) is 0 Å². The molecule has 0 saturated heterocycles. The first-order valence-electron chi connectivity index (χ1n) is 4.62. The molecule has 2 aromatic rings. The van der Waals surface area contributed by atoms with Gasteiger partial charge in [-0.3, -0.25) is 0 Å². The number of hydrogen-bond acceptors (Lipinski definition) is 2. The van der Waals surface area contributed by atoms with E-state index in [-0.39, 0.29) is 6.61 Å². The molecule has 0 amide bonds. The highest BCUT2D eigenvalue weighted by molar-refractivity contribution is 9.10. The first-order chi connectivity index (χ1) is 7.33. The zero-order chi connectivity index (χ0) is 10.7. The van der Waals surface area contributed by atoms with E-state index in [4.69, 9.17) is 0 Å². The Balaban J connectivity index is 2.59. The third kappa shape index (κ3) is 2.08. The highest BCUT2D eigenvalue weighted by Crippen LogP contribution is 2.28. The van der Waals surface area contributed by atoms with E-state index < -0.39 is 0 Å². The van der Waals surface area contributed by atoms with E-state index in [1.807, 2.05) is 36.4 Å². The molecule has 2 nitrogen and oxygen atoms in total. The lowest BCUT2D eigenvalue weighted by atomic mass is 10.0. The van der Waals surface area contributed by atoms with Gasteiger partial charge < -0.3 is 5.11 Å². The van der Waals surface area contributed by atoms with Crippen LogP contribution in [0.4, 0.5) is 0 Å². The second-order valence-electron chi connectivity index (χ2n) is 3.16. The van der Waals surface area contributed by atoms with Crippen molar-refractivity contribution in [2.75, 3.05) is 0 Å². The number of aliphatic hydroxyl groups is 1. The molecule has 1 N–H and O–H groups in total. The maximum absolute atomic E-state index is 9.23. The third-order valence-corrected chi connectivity index (χ3v) is 2.87. The molecule has 1 heterocycles. The summed E-state index contributed by atoms with van der Waals surface area (Å²) in [6.45, 7) is 0.0392. The zero-order valence-corrected chi connectivity index (χ0v) is 9.61. The lowest BCUT2D eigenvalue weighted by molar-refractivity contribution is 0.282. The Morgan fingerprint density at radius 3 is 2.53 bits per heavy atom. The van der Waals surface area contributed by atoms with E-state index in [2.05, 4.69) is 20.9 Å². The van der Waals surface area contributed by atoms with Gasteiger partial charge in [-0.1, -0.05) is 30.3 Å². The fraction of sp³-hybridized carbons (Fsp3) is 0.0833. The SMILES string of the molecule is OCc1ccccc1-c1cccnc1Br. The Morgan fingerprint density at radius 2 is 1.80 bits per heavy atom. The number of aromatic nitrogens is 1. The fourth-order valence-electron chi connectivity index (χ4n) is 1.51. The van der Waals surface area contributed by atoms with Crippen molar-refractivity contribution >= 4 is 15.9 Å². The van der Waals surface area contributed by atoms with Gasteiger partial charge in [0.15, 0.2) is 0 Å². The van der Waals surface area contributed by atoms with Crippen LogP contribution >= 0.6 is 15.9 Å². The molecule has 76 valence electrons. The van der Waals surface area contributed by atoms with Crippen LogP contribution in [0, 0.1) is 0 Å². The first-order valence-corrected chi connectivity index (χ1v) is 5.42. The summed E-state index contributed by atoms with van der Waals surface area (Å²) in [5.74, 6) is 0. The number of pyridine rings is 1. The third-order valence-electron chi connectivity index (χ3n) is 2.24. The van der Waals surface area contributed by atoms with Gasteiger partial charge in [0.25, 0.3) is 0 Å². The summed E-state index contributed by atoms with van der Waals surface area (Å²) in [7, 11) is 0. The van der Waals surface area contributed by atoms with Crippen LogP contribution in [0.25, 0.3) is 11.1 Å². The van der Waals surface area contributed by atoms with Crippen LogP contribution in [0.2, 0.25) is 0 Å². The second-order valence-corrected chi connectivity index (χ2v) is 3.91. The molecule has 1 aromatic heterocycles. The average Bonchev–Trinajstić information content (AvgIpc) is 2.30. The molecular weight excluding hydrogens is 254 g/mol. The molecule has 0 aliphatic rings. The Kier molecular flexibility index (Phi) is 3.14. The zero-order valence-electron chi connectivity index (χ0n) is 8.02. The summed E-state index contributed by atoms with van der Waals surface area (Å²) < 4.78 is 0.797. The highest BCUT2D eigenvalue weighted by Gasteiger charge is 2.06. The minimum absolute atomic E-state index is 0.0392. The second kappa shape index (κ2) is 4.55. The molecule has 15 heavy (non-hydrogen) atoms. The predicted molar refractivity (Wildman–Crippen MR) is 63.3 cm³/mol. The number of halogens is 1. The van der Waals surface area contributed by atoms with Gasteiger partial charge in [-0.25, -0.2) is 4.98 Å². The van der Waals surface area contributed by atoms with E-state index >= 15 is 0 Å². The van der Waals surface area contributed by atoms with Crippen LogP contribution in [-0.2, 0) is 6.61 Å². The van der Waals surface area contributed by atoms with Crippen LogP contribution in [0.3, 0.4) is 0 Å². The van der Waals surface area contributed by atoms with Crippen LogP contribution < -0.4 is 0 Å². The average molecular weight is 264 g/mol. The van der Waals surface area contributed by atoms with Gasteiger partial charge >= 0.3 is 0 Å². The van der Waals surface area contributed by atoms with Gasteiger partial charge in [-0.05, 0) is 33.1 Å². The molecule has 2 rings (SSSR count). The minimum atomic E-state index is 0.0392. The molecule has 0 bridgehead atoms. The Labute approximate surface area is 96.7 Å². The molecule has 0 radical (unpaired) electrons. The number of aliphatic hydroxyl groups excluding tert-OH is 1. The van der Waals surface area contributed by atoms with Gasteiger partial charge in [0.05, 0.1) is 6.61 Å². The van der Waals surface area contributed by atoms with Crippen molar-refractivity contribution in [2.45, 2.75) is 6.61 Å². The Hall–Kier alpha value is -1.19. The van der Waals surface area contributed by atoms with Crippen molar-refractivity contribution in [1.29, 1.82) is 0 Å². The molecule has 1 aromatic carbocycles. The van der Waals surface area contributed by atoms with Gasteiger partial charge in [0.2, 0.25) is 0 Å². The summed E-state index contributed by atoms with van der Waals surface area (Å²) in [6, 6.07) is 11.6. The van der Waals surface area contributed by atoms with Crippen LogP contribution in [0.1, 0.15) is 5.56 Å². The Morgan fingerprint density at radius 1 is 1.07 bits per heavy atom. The summed E-state index contributed by atoms with van der Waals surface area (Å²) >= 11 is 3.40. The summed E-state index contributed by atoms with van der Waals surface area (Å²) in [5.41, 5.74) is 2.92. The fourth-order valence-corrected chi connectivity index (χ4v) is 1.97. The highest BCUT2D eigenvalue weighted by atomic mass is 79.9. The topological polar surface area (TPSA) is 33.1 Å². The predicted octanol–water partition coefficient (Wildman–Crippen LogP) is 3.00.